The predicted octanol–water partition coefficient (Wildman–Crippen LogP) is -0.390. The molecule has 0 aromatic heterocycles. The lowest BCUT2D eigenvalue weighted by Crippen LogP contribution is -2.62. The molecule has 0 saturated carbocycles. The molecule has 1 aliphatic heterocycles. The van der Waals surface area contributed by atoms with Gasteiger partial charge in [-0.05, 0) is 36.3 Å². The molecule has 10 nitrogen and oxygen atoms in total. The number of thiocarbonyl (C=S) groups is 1. The summed E-state index contributed by atoms with van der Waals surface area (Å²) in [7, 11) is 0. The molecule has 1 fully saturated rings. The molecule has 1 heterocycles. The Morgan fingerprint density at radius 1 is 1.31 bits per heavy atom. The quantitative estimate of drug-likeness (QED) is 0.198. The Bertz CT molecular complexity index is 669. The first-order valence-corrected chi connectivity index (χ1v) is 8.28. The minimum Gasteiger partial charge on any atom is -0.388 e. The first-order chi connectivity index (χ1) is 12.3. The van der Waals surface area contributed by atoms with Crippen molar-refractivity contribution in [2.75, 3.05) is 0 Å². The molecule has 0 unspecified atom stereocenters. The molecule has 5 atom stereocenters. The fraction of sp³-hybridized carbons (Fsp3) is 0.467. The predicted molar refractivity (Wildman–Crippen MR) is 96.5 cm³/mol. The Morgan fingerprint density at radius 3 is 2.54 bits per heavy atom. The average molecular weight is 384 g/mol. The normalized spacial score (nSPS) is 28.7. The lowest BCUT2D eigenvalue weighted by molar-refractivity contribution is -0.384. The Morgan fingerprint density at radius 2 is 1.96 bits per heavy atom. The monoisotopic (exact) mass is 384 g/mol. The molecule has 0 radical (unpaired) electrons. The zero-order valence-corrected chi connectivity index (χ0v) is 14.7. The molecule has 26 heavy (non-hydrogen) atoms. The number of nitrogens with zero attached hydrogens (tertiary/aromatic N) is 2. The van der Waals surface area contributed by atoms with Gasteiger partial charge in [-0.1, -0.05) is 6.92 Å². The minimum atomic E-state index is -1.37. The molecule has 11 heteroatoms. The molecule has 1 aliphatic rings. The molecule has 142 valence electrons. The molecule has 2 rings (SSSR count). The van der Waals surface area contributed by atoms with Gasteiger partial charge in [0, 0.05) is 12.1 Å². The van der Waals surface area contributed by atoms with Crippen LogP contribution >= 0.6 is 12.2 Å². The lowest BCUT2D eigenvalue weighted by Gasteiger charge is -2.40. The van der Waals surface area contributed by atoms with Gasteiger partial charge < -0.3 is 25.4 Å². The van der Waals surface area contributed by atoms with Crippen molar-refractivity contribution < 1.29 is 25.0 Å². The standard InChI is InChI=1S/C15H20N4O6S/c1-2-10-11(20)12(21)13(22)14(25-10)17-15(26)18-16-7-8-3-5-9(6-4-8)19(23)24/h3-7,10-14,20-22H,2H2,1H3,(H2,17,18,26)/b16-7+/t10-,11-,12+,13-,14-/m1/s1. The summed E-state index contributed by atoms with van der Waals surface area (Å²) in [4.78, 5) is 10.1. The summed E-state index contributed by atoms with van der Waals surface area (Å²) in [5.74, 6) is 0. The Balaban J connectivity index is 1.88. The van der Waals surface area contributed by atoms with E-state index < -0.39 is 35.6 Å². The van der Waals surface area contributed by atoms with E-state index in [1.165, 1.54) is 30.5 Å². The highest BCUT2D eigenvalue weighted by molar-refractivity contribution is 7.80. The SMILES string of the molecule is CC[C@H]1O[C@@H](NC(=S)N/N=C/c2ccc([N+](=O)[O-])cc2)[C@H](O)[C@@H](O)[C@@H]1O. The van der Waals surface area contributed by atoms with Gasteiger partial charge in [0.2, 0.25) is 0 Å². The number of aliphatic hydroxyl groups excluding tert-OH is 3. The van der Waals surface area contributed by atoms with Gasteiger partial charge in [-0.25, -0.2) is 0 Å². The van der Waals surface area contributed by atoms with Gasteiger partial charge in [0.05, 0.1) is 17.2 Å². The van der Waals surface area contributed by atoms with Crippen LogP contribution in [0.15, 0.2) is 29.4 Å². The summed E-state index contributed by atoms with van der Waals surface area (Å²) in [6.45, 7) is 1.78. The number of nitrogens with one attached hydrogen (secondary N) is 2. The van der Waals surface area contributed by atoms with Crippen molar-refractivity contribution in [3.63, 3.8) is 0 Å². The molecule has 1 saturated heterocycles. The van der Waals surface area contributed by atoms with Crippen LogP contribution in [0.5, 0.6) is 0 Å². The summed E-state index contributed by atoms with van der Waals surface area (Å²) in [5.41, 5.74) is 3.11. The second-order valence-electron chi connectivity index (χ2n) is 5.67. The topological polar surface area (TPSA) is 149 Å². The van der Waals surface area contributed by atoms with E-state index in [1.54, 1.807) is 6.92 Å². The molecular formula is C15H20N4O6S. The van der Waals surface area contributed by atoms with E-state index in [0.717, 1.165) is 0 Å². The molecule has 1 aromatic rings. The van der Waals surface area contributed by atoms with Crippen LogP contribution in [0, 0.1) is 10.1 Å². The van der Waals surface area contributed by atoms with Crippen molar-refractivity contribution in [1.29, 1.82) is 0 Å². The van der Waals surface area contributed by atoms with E-state index in [4.69, 9.17) is 17.0 Å². The number of nitro groups is 1. The van der Waals surface area contributed by atoms with Crippen LogP contribution < -0.4 is 10.7 Å². The summed E-state index contributed by atoms with van der Waals surface area (Å²) in [5, 5.41) is 46.8. The number of rotatable bonds is 5. The molecule has 0 bridgehead atoms. The van der Waals surface area contributed by atoms with Crippen LogP contribution in [0.25, 0.3) is 0 Å². The van der Waals surface area contributed by atoms with Crippen LogP contribution in [0.4, 0.5) is 5.69 Å². The van der Waals surface area contributed by atoms with E-state index in [-0.39, 0.29) is 10.8 Å². The fourth-order valence-electron chi connectivity index (χ4n) is 2.42. The van der Waals surface area contributed by atoms with E-state index in [1.807, 2.05) is 0 Å². The van der Waals surface area contributed by atoms with Gasteiger partial charge >= 0.3 is 0 Å². The number of nitro benzene ring substituents is 1. The number of hydrogen-bond donors (Lipinski definition) is 5. The van der Waals surface area contributed by atoms with Crippen molar-refractivity contribution in [2.24, 2.45) is 5.10 Å². The molecule has 0 aliphatic carbocycles. The van der Waals surface area contributed by atoms with E-state index >= 15 is 0 Å². The largest absolute Gasteiger partial charge is 0.388 e. The van der Waals surface area contributed by atoms with Crippen molar-refractivity contribution in [2.45, 2.75) is 44.0 Å². The van der Waals surface area contributed by atoms with Gasteiger partial charge in [-0.3, -0.25) is 15.5 Å². The van der Waals surface area contributed by atoms with E-state index in [2.05, 4.69) is 15.8 Å². The van der Waals surface area contributed by atoms with Gasteiger partial charge in [-0.2, -0.15) is 5.10 Å². The number of hydrazone groups is 1. The Hall–Kier alpha value is -2.18. The van der Waals surface area contributed by atoms with Crippen LogP contribution in [-0.4, -0.2) is 62.2 Å². The third kappa shape index (κ3) is 4.93. The van der Waals surface area contributed by atoms with E-state index in [9.17, 15) is 25.4 Å². The van der Waals surface area contributed by atoms with Crippen LogP contribution in [0.1, 0.15) is 18.9 Å². The molecule has 1 aromatic carbocycles. The summed E-state index contributed by atoms with van der Waals surface area (Å²) < 4.78 is 5.49. The maximum atomic E-state index is 10.6. The molecule has 0 amide bonds. The van der Waals surface area contributed by atoms with Crippen molar-refractivity contribution in [3.8, 4) is 0 Å². The summed E-state index contributed by atoms with van der Waals surface area (Å²) >= 11 is 5.04. The van der Waals surface area contributed by atoms with Gasteiger partial charge in [-0.15, -0.1) is 0 Å². The second-order valence-corrected chi connectivity index (χ2v) is 6.08. The van der Waals surface area contributed by atoms with Crippen LogP contribution in [0.2, 0.25) is 0 Å². The zero-order valence-electron chi connectivity index (χ0n) is 13.8. The van der Waals surface area contributed by atoms with Gasteiger partial charge in [0.1, 0.15) is 18.3 Å². The van der Waals surface area contributed by atoms with Crippen LogP contribution in [-0.2, 0) is 4.74 Å². The lowest BCUT2D eigenvalue weighted by atomic mass is 9.96. The summed E-state index contributed by atoms with van der Waals surface area (Å²) in [6.07, 6.45) is -3.71. The highest BCUT2D eigenvalue weighted by Crippen LogP contribution is 2.21. The van der Waals surface area contributed by atoms with Crippen molar-refractivity contribution >= 4 is 29.2 Å². The number of non-ortho nitro benzene ring substituents is 1. The third-order valence-corrected chi connectivity index (χ3v) is 4.08. The number of benzene rings is 1. The fourth-order valence-corrected chi connectivity index (χ4v) is 2.59. The van der Waals surface area contributed by atoms with E-state index in [0.29, 0.717) is 12.0 Å². The minimum absolute atomic E-state index is 0.0260. The highest BCUT2D eigenvalue weighted by atomic mass is 32.1. The molecular weight excluding hydrogens is 364 g/mol. The maximum absolute atomic E-state index is 10.6. The number of hydrogen-bond acceptors (Lipinski definition) is 8. The second kappa shape index (κ2) is 8.96. The maximum Gasteiger partial charge on any atom is 0.269 e. The number of ether oxygens (including phenoxy) is 1. The molecule has 5 N–H and O–H groups in total. The average Bonchev–Trinajstić information content (AvgIpc) is 2.62. The first-order valence-electron chi connectivity index (χ1n) is 7.87. The van der Waals surface area contributed by atoms with Crippen molar-refractivity contribution in [3.05, 3.63) is 39.9 Å². The zero-order chi connectivity index (χ0) is 19.3. The van der Waals surface area contributed by atoms with Gasteiger partial charge in [0.15, 0.2) is 11.3 Å². The Kier molecular flexibility index (Phi) is 6.94. The van der Waals surface area contributed by atoms with Gasteiger partial charge in [0.25, 0.3) is 5.69 Å². The smallest absolute Gasteiger partial charge is 0.269 e. The first kappa shape index (κ1) is 20.1. The molecule has 0 spiro atoms. The third-order valence-electron chi connectivity index (χ3n) is 3.87. The highest BCUT2D eigenvalue weighted by Gasteiger charge is 2.43. The summed E-state index contributed by atoms with van der Waals surface area (Å²) in [6, 6.07) is 5.75. The van der Waals surface area contributed by atoms with Crippen molar-refractivity contribution in [1.82, 2.24) is 10.7 Å². The van der Waals surface area contributed by atoms with Crippen LogP contribution in [0.3, 0.4) is 0 Å². The number of aliphatic hydroxyl groups is 3. The Labute approximate surface area is 154 Å².